The highest BCUT2D eigenvalue weighted by atomic mass is 16.4. The van der Waals surface area contributed by atoms with Gasteiger partial charge in [0.05, 0.1) is 6.61 Å². The molecule has 33 heavy (non-hydrogen) atoms. The van der Waals surface area contributed by atoms with Gasteiger partial charge in [-0.3, -0.25) is 19.2 Å². The number of nitrogens with two attached hydrogens (primary N) is 1. The number of carbonyl (C=O) groups excluding carboxylic acids is 3. The SMILES string of the molecule is CC(NC(=O)C(NC(=O)C(Cc1c[nH]c2ccccc12)NC(=O)C(N)CO)C(C)C)C(=O)O. The number of aliphatic hydroxyl groups is 1. The van der Waals surface area contributed by atoms with E-state index in [1.54, 1.807) is 20.0 Å². The molecule has 2 rings (SSSR count). The number of nitrogens with one attached hydrogen (secondary N) is 4. The van der Waals surface area contributed by atoms with Crippen LogP contribution >= 0.6 is 0 Å². The van der Waals surface area contributed by atoms with Crippen LogP contribution in [0.15, 0.2) is 30.5 Å². The van der Waals surface area contributed by atoms with Crippen LogP contribution in [-0.4, -0.2) is 69.7 Å². The number of carboxylic acids is 1. The van der Waals surface area contributed by atoms with Gasteiger partial charge in [0.15, 0.2) is 0 Å². The van der Waals surface area contributed by atoms with Crippen molar-refractivity contribution in [3.63, 3.8) is 0 Å². The fraction of sp³-hybridized carbons (Fsp3) is 0.455. The number of carbonyl (C=O) groups is 4. The first-order valence-electron chi connectivity index (χ1n) is 10.6. The lowest BCUT2D eigenvalue weighted by molar-refractivity contribution is -0.142. The first-order chi connectivity index (χ1) is 15.5. The molecule has 3 amide bonds. The molecule has 11 nitrogen and oxygen atoms in total. The smallest absolute Gasteiger partial charge is 0.325 e. The summed E-state index contributed by atoms with van der Waals surface area (Å²) in [4.78, 5) is 52.2. The second kappa shape index (κ2) is 11.4. The van der Waals surface area contributed by atoms with Gasteiger partial charge in [0.2, 0.25) is 17.7 Å². The quantitative estimate of drug-likeness (QED) is 0.229. The van der Waals surface area contributed by atoms with Crippen molar-refractivity contribution < 1.29 is 29.4 Å². The summed E-state index contributed by atoms with van der Waals surface area (Å²) in [6.07, 6.45) is 1.82. The van der Waals surface area contributed by atoms with E-state index < -0.39 is 54.5 Å². The van der Waals surface area contributed by atoms with Crippen LogP contribution in [0, 0.1) is 5.92 Å². The van der Waals surface area contributed by atoms with E-state index in [0.717, 1.165) is 16.5 Å². The maximum atomic E-state index is 13.2. The number of amides is 3. The first-order valence-corrected chi connectivity index (χ1v) is 10.6. The summed E-state index contributed by atoms with van der Waals surface area (Å²) in [5.41, 5.74) is 7.20. The number of H-pyrrole nitrogens is 1. The molecule has 0 saturated carbocycles. The van der Waals surface area contributed by atoms with Crippen molar-refractivity contribution in [1.29, 1.82) is 0 Å². The largest absolute Gasteiger partial charge is 0.480 e. The zero-order valence-corrected chi connectivity index (χ0v) is 18.8. The van der Waals surface area contributed by atoms with Crippen LogP contribution in [0.5, 0.6) is 0 Å². The maximum absolute atomic E-state index is 13.2. The molecule has 11 heteroatoms. The van der Waals surface area contributed by atoms with Gasteiger partial charge in [0, 0.05) is 23.5 Å². The van der Waals surface area contributed by atoms with E-state index in [4.69, 9.17) is 10.8 Å². The van der Waals surface area contributed by atoms with Crippen molar-refractivity contribution in [2.24, 2.45) is 11.7 Å². The predicted molar refractivity (Wildman–Crippen MR) is 121 cm³/mol. The molecule has 0 radical (unpaired) electrons. The molecular weight excluding hydrogens is 430 g/mol. The Morgan fingerprint density at radius 3 is 2.27 bits per heavy atom. The molecular formula is C22H31N5O6. The number of aromatic nitrogens is 1. The molecule has 2 aromatic rings. The van der Waals surface area contributed by atoms with Crippen LogP contribution < -0.4 is 21.7 Å². The van der Waals surface area contributed by atoms with Crippen molar-refractivity contribution in [2.45, 2.75) is 51.4 Å². The van der Waals surface area contributed by atoms with Crippen molar-refractivity contribution in [3.8, 4) is 0 Å². The van der Waals surface area contributed by atoms with Crippen molar-refractivity contribution >= 4 is 34.6 Å². The number of carboxylic acid groups (broad SMARTS) is 1. The molecule has 0 saturated heterocycles. The van der Waals surface area contributed by atoms with Gasteiger partial charge >= 0.3 is 5.97 Å². The highest BCUT2D eigenvalue weighted by Gasteiger charge is 2.31. The number of benzene rings is 1. The number of hydrogen-bond acceptors (Lipinski definition) is 6. The number of para-hydroxylation sites is 1. The Morgan fingerprint density at radius 2 is 1.67 bits per heavy atom. The minimum absolute atomic E-state index is 0.0949. The Hall–Kier alpha value is -3.44. The van der Waals surface area contributed by atoms with Gasteiger partial charge in [0.1, 0.15) is 24.2 Å². The van der Waals surface area contributed by atoms with Crippen molar-refractivity contribution in [2.75, 3.05) is 6.61 Å². The Morgan fingerprint density at radius 1 is 1.00 bits per heavy atom. The Bertz CT molecular complexity index is 1000. The summed E-state index contributed by atoms with van der Waals surface area (Å²) in [7, 11) is 0. The Labute approximate surface area is 191 Å². The fourth-order valence-corrected chi connectivity index (χ4v) is 3.25. The average molecular weight is 462 g/mol. The molecule has 0 aliphatic heterocycles. The van der Waals surface area contributed by atoms with Gasteiger partial charge < -0.3 is 36.9 Å². The van der Waals surface area contributed by atoms with Gasteiger partial charge in [-0.05, 0) is 24.5 Å². The van der Waals surface area contributed by atoms with E-state index in [0.29, 0.717) is 0 Å². The van der Waals surface area contributed by atoms with E-state index >= 15 is 0 Å². The lowest BCUT2D eigenvalue weighted by atomic mass is 10.00. The highest BCUT2D eigenvalue weighted by Crippen LogP contribution is 2.19. The monoisotopic (exact) mass is 461 g/mol. The van der Waals surface area contributed by atoms with E-state index in [9.17, 15) is 24.3 Å². The van der Waals surface area contributed by atoms with Gasteiger partial charge in [-0.25, -0.2) is 0 Å². The summed E-state index contributed by atoms with van der Waals surface area (Å²) in [5.74, 6) is -3.59. The number of aromatic amines is 1. The minimum atomic E-state index is -1.22. The Kier molecular flexibility index (Phi) is 8.94. The fourth-order valence-electron chi connectivity index (χ4n) is 3.25. The molecule has 8 N–H and O–H groups in total. The molecule has 0 fully saturated rings. The molecule has 1 aromatic carbocycles. The van der Waals surface area contributed by atoms with Gasteiger partial charge in [-0.15, -0.1) is 0 Å². The summed E-state index contributed by atoms with van der Waals surface area (Å²) >= 11 is 0. The van der Waals surface area contributed by atoms with Crippen LogP contribution in [-0.2, 0) is 25.6 Å². The second-order valence-corrected chi connectivity index (χ2v) is 8.21. The molecule has 4 unspecified atom stereocenters. The van der Waals surface area contributed by atoms with E-state index in [-0.39, 0.29) is 12.3 Å². The summed E-state index contributed by atoms with van der Waals surface area (Å²) < 4.78 is 0. The van der Waals surface area contributed by atoms with Gasteiger partial charge in [0.25, 0.3) is 0 Å². The summed E-state index contributed by atoms with van der Waals surface area (Å²) in [5, 5.41) is 26.6. The zero-order chi connectivity index (χ0) is 24.7. The molecule has 0 bridgehead atoms. The lowest BCUT2D eigenvalue weighted by Gasteiger charge is -2.26. The van der Waals surface area contributed by atoms with E-state index in [1.807, 2.05) is 24.3 Å². The van der Waals surface area contributed by atoms with Crippen molar-refractivity contribution in [1.82, 2.24) is 20.9 Å². The number of fused-ring (bicyclic) bond motifs is 1. The Balaban J connectivity index is 2.26. The minimum Gasteiger partial charge on any atom is -0.480 e. The molecule has 4 atom stereocenters. The van der Waals surface area contributed by atoms with Gasteiger partial charge in [-0.1, -0.05) is 32.0 Å². The van der Waals surface area contributed by atoms with Crippen LogP contribution in [0.25, 0.3) is 10.9 Å². The standard InChI is InChI=1S/C22H31N5O6/c1-11(2)18(21(31)25-12(3)22(32)33)27-20(30)17(26-19(29)15(23)10-28)8-13-9-24-16-7-5-4-6-14(13)16/h4-7,9,11-12,15,17-18,24,28H,8,10,23H2,1-3H3,(H,25,31)(H,26,29)(H,27,30)(H,32,33). The van der Waals surface area contributed by atoms with Crippen molar-refractivity contribution in [3.05, 3.63) is 36.0 Å². The normalized spacial score (nSPS) is 14.8. The van der Waals surface area contributed by atoms with E-state index in [1.165, 1.54) is 6.92 Å². The first kappa shape index (κ1) is 25.8. The summed E-state index contributed by atoms with van der Waals surface area (Å²) in [6.45, 7) is 4.11. The predicted octanol–water partition coefficient (Wildman–Crippen LogP) is -0.755. The number of aliphatic carboxylic acids is 1. The average Bonchev–Trinajstić information content (AvgIpc) is 3.18. The highest BCUT2D eigenvalue weighted by molar-refractivity contribution is 5.95. The molecule has 1 aromatic heterocycles. The number of rotatable bonds is 11. The van der Waals surface area contributed by atoms with E-state index in [2.05, 4.69) is 20.9 Å². The summed E-state index contributed by atoms with van der Waals surface area (Å²) in [6, 6.07) is 2.96. The lowest BCUT2D eigenvalue weighted by Crippen LogP contribution is -2.58. The topological polar surface area (TPSA) is 187 Å². The molecule has 0 spiro atoms. The second-order valence-electron chi connectivity index (χ2n) is 8.21. The molecule has 180 valence electrons. The van der Waals surface area contributed by atoms with Gasteiger partial charge in [-0.2, -0.15) is 0 Å². The molecule has 1 heterocycles. The molecule has 0 aliphatic carbocycles. The van der Waals surface area contributed by atoms with Crippen LogP contribution in [0.3, 0.4) is 0 Å². The third-order valence-corrected chi connectivity index (χ3v) is 5.24. The number of hydrogen-bond donors (Lipinski definition) is 7. The molecule has 0 aliphatic rings. The maximum Gasteiger partial charge on any atom is 0.325 e. The van der Waals surface area contributed by atoms with Crippen LogP contribution in [0.4, 0.5) is 0 Å². The number of aliphatic hydroxyl groups excluding tert-OH is 1. The third-order valence-electron chi connectivity index (χ3n) is 5.24. The third kappa shape index (κ3) is 6.77. The van der Waals surface area contributed by atoms with Crippen LogP contribution in [0.1, 0.15) is 26.3 Å². The van der Waals surface area contributed by atoms with Crippen LogP contribution in [0.2, 0.25) is 0 Å². The zero-order valence-electron chi connectivity index (χ0n) is 18.8.